The number of rotatable bonds is 14. The minimum Gasteiger partial charge on any atom is -0.480 e. The molecule has 21 heteroatoms. The van der Waals surface area contributed by atoms with Gasteiger partial charge in [0.2, 0.25) is 11.8 Å². The smallest absolute Gasteiger partial charge is 0.327 e. The average Bonchev–Trinajstić information content (AvgIpc) is 3.49. The fraction of sp³-hybridized carbons (Fsp3) is 0.244. The number of esters is 4. The molecule has 6 rings (SSSR count). The number of aliphatic carboxylic acids is 1. The summed E-state index contributed by atoms with van der Waals surface area (Å²) in [7, 11) is 0. The Balaban J connectivity index is 1.37. The average molecular weight is 924 g/mol. The predicted octanol–water partition coefficient (Wildman–Crippen LogP) is 4.00. The molecule has 2 saturated heterocycles. The zero-order chi connectivity index (χ0) is 48.2. The monoisotopic (exact) mass is 923 g/mol. The van der Waals surface area contributed by atoms with Gasteiger partial charge < -0.3 is 50.2 Å². The van der Waals surface area contributed by atoms with Crippen molar-refractivity contribution in [3.05, 3.63) is 107 Å². The lowest BCUT2D eigenvalue weighted by molar-refractivity contribution is -0.161. The first kappa shape index (κ1) is 47.4. The number of ether oxygens (including phenoxy) is 4. The molecule has 0 saturated carbocycles. The Kier molecular flexibility index (Phi) is 13.9. The molecule has 4 atom stereocenters. The number of β-lactam (4-membered cyclic amide) rings is 1. The van der Waals surface area contributed by atoms with Crippen LogP contribution in [-0.2, 0) is 33.6 Å². The first-order chi connectivity index (χ1) is 31.1. The molecule has 2 aliphatic heterocycles. The summed E-state index contributed by atoms with van der Waals surface area (Å²) in [6, 6.07) is 15.6. The highest BCUT2D eigenvalue weighted by Crippen LogP contribution is 2.51. The lowest BCUT2D eigenvalue weighted by Gasteiger charge is -2.44. The highest BCUT2D eigenvalue weighted by molar-refractivity contribution is 8.01. The van der Waals surface area contributed by atoms with Gasteiger partial charge in [0.05, 0.1) is 11.1 Å². The molecule has 2 aliphatic rings. The maximum absolute atomic E-state index is 14.3. The molecule has 20 nitrogen and oxygen atoms in total. The number of para-hydroxylation sites is 2. The second kappa shape index (κ2) is 19.4. The van der Waals surface area contributed by atoms with Crippen LogP contribution < -0.4 is 40.2 Å². The van der Waals surface area contributed by atoms with Crippen molar-refractivity contribution in [2.24, 2.45) is 0 Å². The predicted molar refractivity (Wildman–Crippen MR) is 233 cm³/mol. The van der Waals surface area contributed by atoms with E-state index in [9.17, 15) is 53.1 Å². The number of carboxylic acids is 1. The number of anilines is 2. The van der Waals surface area contributed by atoms with Crippen LogP contribution >= 0.6 is 11.8 Å². The van der Waals surface area contributed by atoms with Gasteiger partial charge in [-0.05, 0) is 61.9 Å². The Bertz CT molecular complexity index is 2590. The molecular weight excluding hydrogens is 883 g/mol. The van der Waals surface area contributed by atoms with Gasteiger partial charge in [0, 0.05) is 49.4 Å². The summed E-state index contributed by atoms with van der Waals surface area (Å²) in [5.74, 6) is -10.1. The summed E-state index contributed by atoms with van der Waals surface area (Å²) in [6.45, 7) is 7.66. The molecule has 0 bridgehead atoms. The van der Waals surface area contributed by atoms with Gasteiger partial charge in [-0.15, -0.1) is 11.8 Å². The molecule has 5 amide bonds. The van der Waals surface area contributed by atoms with Gasteiger partial charge in [0.25, 0.3) is 17.7 Å². The van der Waals surface area contributed by atoms with Crippen molar-refractivity contribution < 1.29 is 72.0 Å². The first-order valence-electron chi connectivity index (χ1n) is 19.8. The Morgan fingerprint density at radius 1 is 0.652 bits per heavy atom. The summed E-state index contributed by atoms with van der Waals surface area (Å²) in [6.07, 6.45) is 0. The minimum absolute atomic E-state index is 0.154. The van der Waals surface area contributed by atoms with Crippen LogP contribution in [0.4, 0.5) is 11.4 Å². The van der Waals surface area contributed by atoms with E-state index in [1.165, 1.54) is 71.3 Å². The van der Waals surface area contributed by atoms with E-state index in [-0.39, 0.29) is 45.1 Å². The molecule has 342 valence electrons. The van der Waals surface area contributed by atoms with Crippen molar-refractivity contribution in [2.45, 2.75) is 69.8 Å². The summed E-state index contributed by atoms with van der Waals surface area (Å²) >= 11 is 1.21. The van der Waals surface area contributed by atoms with Crippen molar-refractivity contribution in [3.63, 3.8) is 0 Å². The first-order valence-corrected chi connectivity index (χ1v) is 20.7. The third kappa shape index (κ3) is 10.5. The minimum atomic E-state index is -1.46. The van der Waals surface area contributed by atoms with Crippen molar-refractivity contribution in [1.82, 2.24) is 15.5 Å². The normalized spacial score (nSPS) is 17.1. The number of amides is 5. The molecule has 0 spiro atoms. The van der Waals surface area contributed by atoms with Crippen molar-refractivity contribution in [1.29, 1.82) is 0 Å². The van der Waals surface area contributed by atoms with E-state index in [0.717, 1.165) is 27.7 Å². The van der Waals surface area contributed by atoms with Crippen LogP contribution in [0.3, 0.4) is 0 Å². The standard InChI is InChI=1S/C45H41N5O15S/c1-21(51)62-31-16-10-14-29(35(31)64-23(3)53)39(56)46-27-18-26(19-28(20-27)47-40(57)30-15-11-17-32(63-22(2)52)36(30)65-24(4)54)38(55)48-33(25-12-8-7-9-13-25)41(58)49-34-42(59)50-37(44(60)61)45(5,6)66-43(34)50/h7-20,33-34,37,43H,1-6H3,(H,46,56)(H,47,57)(H,48,55)(H,49,58)(H,60,61). The largest absolute Gasteiger partial charge is 0.480 e. The van der Waals surface area contributed by atoms with Gasteiger partial charge in [-0.3, -0.25) is 43.2 Å². The fourth-order valence-electron chi connectivity index (χ4n) is 7.20. The highest BCUT2D eigenvalue weighted by atomic mass is 32.2. The quantitative estimate of drug-likeness (QED) is 0.0679. The van der Waals surface area contributed by atoms with E-state index in [1.807, 2.05) is 0 Å². The van der Waals surface area contributed by atoms with Crippen LogP contribution in [0.5, 0.6) is 23.0 Å². The maximum Gasteiger partial charge on any atom is 0.327 e. The number of nitrogens with one attached hydrogen (secondary N) is 4. The van der Waals surface area contributed by atoms with Crippen molar-refractivity contribution in [3.8, 4) is 23.0 Å². The van der Waals surface area contributed by atoms with E-state index in [2.05, 4.69) is 21.3 Å². The van der Waals surface area contributed by atoms with Crippen LogP contribution in [0.15, 0.2) is 84.9 Å². The molecular formula is C45H41N5O15S. The lowest BCUT2D eigenvalue weighted by Crippen LogP contribution is -2.71. The Morgan fingerprint density at radius 3 is 1.59 bits per heavy atom. The lowest BCUT2D eigenvalue weighted by atomic mass is 9.95. The molecule has 0 aromatic heterocycles. The Labute approximate surface area is 379 Å². The van der Waals surface area contributed by atoms with Crippen molar-refractivity contribution in [2.75, 3.05) is 10.6 Å². The third-order valence-corrected chi connectivity index (χ3v) is 11.4. The van der Waals surface area contributed by atoms with E-state index < -0.39 is 99.1 Å². The molecule has 2 heterocycles. The summed E-state index contributed by atoms with van der Waals surface area (Å²) in [4.78, 5) is 131. The number of nitrogens with zero attached hydrogens (tertiary/aromatic N) is 1. The summed E-state index contributed by atoms with van der Waals surface area (Å²) in [5.41, 5.74) is -0.870. The van der Waals surface area contributed by atoms with E-state index in [1.54, 1.807) is 44.2 Å². The number of hydrogen-bond donors (Lipinski definition) is 5. The van der Waals surface area contributed by atoms with Gasteiger partial charge in [0.1, 0.15) is 23.5 Å². The van der Waals surface area contributed by atoms with Crippen LogP contribution in [0.1, 0.15) is 84.2 Å². The number of hydrogen-bond acceptors (Lipinski definition) is 15. The van der Waals surface area contributed by atoms with Crippen molar-refractivity contribution >= 4 is 82.5 Å². The molecule has 0 aliphatic carbocycles. The molecule has 66 heavy (non-hydrogen) atoms. The maximum atomic E-state index is 14.3. The molecule has 4 aromatic rings. The molecule has 0 radical (unpaired) electrons. The SMILES string of the molecule is CC(=O)Oc1cccc(C(=O)Nc2cc(NC(=O)c3cccc(OC(C)=O)c3OC(C)=O)cc(C(=O)NC(C(=O)NC3C(=O)N4C3SC(C)(C)C4C(=O)O)c3ccccc3)c2)c1OC(C)=O. The van der Waals surface area contributed by atoms with Gasteiger partial charge >= 0.3 is 29.8 Å². The topological polar surface area (TPSA) is 279 Å². The molecule has 2 fully saturated rings. The number of benzene rings is 4. The second-order valence-electron chi connectivity index (χ2n) is 15.2. The fourth-order valence-corrected chi connectivity index (χ4v) is 8.83. The number of thioether (sulfide) groups is 1. The zero-order valence-corrected chi connectivity index (χ0v) is 36.7. The summed E-state index contributed by atoms with van der Waals surface area (Å²) < 4.78 is 19.9. The zero-order valence-electron chi connectivity index (χ0n) is 35.9. The van der Waals surface area contributed by atoms with E-state index >= 15 is 0 Å². The van der Waals surface area contributed by atoms with E-state index in [4.69, 9.17) is 18.9 Å². The van der Waals surface area contributed by atoms with Gasteiger partial charge in [0.15, 0.2) is 23.0 Å². The number of carboxylic acid groups (broad SMARTS) is 1. The number of carbonyl (C=O) groups is 10. The molecule has 5 N–H and O–H groups in total. The van der Waals surface area contributed by atoms with Gasteiger partial charge in [-0.25, -0.2) is 4.79 Å². The van der Waals surface area contributed by atoms with Crippen LogP contribution in [0.2, 0.25) is 0 Å². The molecule has 4 aromatic carbocycles. The van der Waals surface area contributed by atoms with Crippen LogP contribution in [0.25, 0.3) is 0 Å². The second-order valence-corrected chi connectivity index (χ2v) is 17.0. The third-order valence-electron chi connectivity index (χ3n) is 9.80. The number of carbonyl (C=O) groups excluding carboxylic acids is 9. The van der Waals surface area contributed by atoms with Crippen LogP contribution in [0, 0.1) is 0 Å². The highest BCUT2D eigenvalue weighted by Gasteiger charge is 2.64. The Hall–Kier alpha value is -8.07. The number of fused-ring (bicyclic) bond motifs is 1. The van der Waals surface area contributed by atoms with Gasteiger partial charge in [-0.1, -0.05) is 42.5 Å². The summed E-state index contributed by atoms with van der Waals surface area (Å²) in [5, 5.41) is 19.6. The van der Waals surface area contributed by atoms with E-state index in [0.29, 0.717) is 0 Å². The van der Waals surface area contributed by atoms with Crippen LogP contribution in [-0.4, -0.2) is 91.6 Å². The molecule has 4 unspecified atom stereocenters. The Morgan fingerprint density at radius 2 is 1.14 bits per heavy atom. The van der Waals surface area contributed by atoms with Gasteiger partial charge in [-0.2, -0.15) is 0 Å².